The Balaban J connectivity index is 1.84. The zero-order valence-corrected chi connectivity index (χ0v) is 13.4. The lowest BCUT2D eigenvalue weighted by Gasteiger charge is -2.49. The van der Waals surface area contributed by atoms with E-state index in [-0.39, 0.29) is 24.4 Å². The molecule has 4 heteroatoms. The van der Waals surface area contributed by atoms with E-state index in [0.717, 1.165) is 32.1 Å². The van der Waals surface area contributed by atoms with Crippen molar-refractivity contribution in [1.82, 2.24) is 10.2 Å². The van der Waals surface area contributed by atoms with Crippen LogP contribution in [0.2, 0.25) is 0 Å². The minimum atomic E-state index is -0.575. The lowest BCUT2D eigenvalue weighted by atomic mass is 9.74. The summed E-state index contributed by atoms with van der Waals surface area (Å²) in [4.78, 5) is 27.3. The Hall–Kier alpha value is -1.06. The summed E-state index contributed by atoms with van der Waals surface area (Å²) >= 11 is 0. The van der Waals surface area contributed by atoms with Crippen LogP contribution in [0.25, 0.3) is 0 Å². The molecule has 2 amide bonds. The summed E-state index contributed by atoms with van der Waals surface area (Å²) in [5.41, 5.74) is -0.575. The Morgan fingerprint density at radius 2 is 1.76 bits per heavy atom. The van der Waals surface area contributed by atoms with Crippen LogP contribution in [0.3, 0.4) is 0 Å². The van der Waals surface area contributed by atoms with E-state index in [4.69, 9.17) is 0 Å². The molecule has 3 aliphatic rings. The van der Waals surface area contributed by atoms with E-state index in [1.165, 1.54) is 19.3 Å². The Labute approximate surface area is 127 Å². The van der Waals surface area contributed by atoms with Gasteiger partial charge in [0.1, 0.15) is 5.54 Å². The SMILES string of the molecule is CC1CCCC(N2CC(=O)NC3(CCCCC3)C2=O)C1C. The van der Waals surface area contributed by atoms with Crippen LogP contribution < -0.4 is 5.32 Å². The molecule has 4 nitrogen and oxygen atoms in total. The average Bonchev–Trinajstić information content (AvgIpc) is 2.47. The zero-order valence-electron chi connectivity index (χ0n) is 13.4. The van der Waals surface area contributed by atoms with Gasteiger partial charge in [-0.15, -0.1) is 0 Å². The lowest BCUT2D eigenvalue weighted by molar-refractivity contribution is -0.156. The molecule has 3 unspecified atom stereocenters. The number of carbonyl (C=O) groups excluding carboxylic acids is 2. The van der Waals surface area contributed by atoms with Gasteiger partial charge < -0.3 is 10.2 Å². The van der Waals surface area contributed by atoms with Gasteiger partial charge in [-0.05, 0) is 31.1 Å². The fourth-order valence-electron chi connectivity index (χ4n) is 4.62. The van der Waals surface area contributed by atoms with Crippen LogP contribution in [0.15, 0.2) is 0 Å². The lowest BCUT2D eigenvalue weighted by Crippen LogP contribution is -2.69. The van der Waals surface area contributed by atoms with Gasteiger partial charge in [0.05, 0.1) is 6.54 Å². The molecule has 3 atom stereocenters. The first-order chi connectivity index (χ1) is 10.0. The summed E-state index contributed by atoms with van der Waals surface area (Å²) in [5, 5.41) is 3.05. The smallest absolute Gasteiger partial charge is 0.249 e. The third kappa shape index (κ3) is 2.58. The standard InChI is InChI=1S/C17H28N2O2/c1-12-7-6-8-14(13(12)2)19-11-15(20)18-17(16(19)21)9-4-3-5-10-17/h12-14H,3-11H2,1-2H3,(H,18,20). The predicted molar refractivity (Wildman–Crippen MR) is 81.6 cm³/mol. The van der Waals surface area contributed by atoms with E-state index < -0.39 is 5.54 Å². The van der Waals surface area contributed by atoms with Gasteiger partial charge in [0, 0.05) is 6.04 Å². The molecule has 3 fully saturated rings. The molecule has 2 aliphatic carbocycles. The Morgan fingerprint density at radius 3 is 2.48 bits per heavy atom. The quantitative estimate of drug-likeness (QED) is 0.807. The zero-order chi connectivity index (χ0) is 15.0. The molecule has 0 bridgehead atoms. The molecule has 0 aromatic carbocycles. The van der Waals surface area contributed by atoms with Crippen LogP contribution in [0, 0.1) is 11.8 Å². The predicted octanol–water partition coefficient (Wildman–Crippen LogP) is 2.47. The minimum Gasteiger partial charge on any atom is -0.340 e. The third-order valence-corrected chi connectivity index (χ3v) is 6.13. The van der Waals surface area contributed by atoms with Gasteiger partial charge >= 0.3 is 0 Å². The number of amides is 2. The second kappa shape index (κ2) is 5.62. The van der Waals surface area contributed by atoms with Crippen molar-refractivity contribution in [1.29, 1.82) is 0 Å². The van der Waals surface area contributed by atoms with Crippen LogP contribution >= 0.6 is 0 Å². The second-order valence-electron chi connectivity index (χ2n) is 7.46. The fraction of sp³-hybridized carbons (Fsp3) is 0.882. The summed E-state index contributed by atoms with van der Waals surface area (Å²) in [5.74, 6) is 1.38. The number of piperazine rings is 1. The van der Waals surface area contributed by atoms with Crippen molar-refractivity contribution in [2.24, 2.45) is 11.8 Å². The highest BCUT2D eigenvalue weighted by Crippen LogP contribution is 2.37. The maximum atomic E-state index is 13.1. The minimum absolute atomic E-state index is 0.0435. The van der Waals surface area contributed by atoms with Gasteiger partial charge in [-0.3, -0.25) is 9.59 Å². The molecule has 0 radical (unpaired) electrons. The summed E-state index contributed by atoms with van der Waals surface area (Å²) in [6.07, 6.45) is 8.41. The Bertz CT molecular complexity index is 429. The van der Waals surface area contributed by atoms with Crippen molar-refractivity contribution in [2.75, 3.05) is 6.54 Å². The monoisotopic (exact) mass is 292 g/mol. The van der Waals surface area contributed by atoms with Crippen LogP contribution in [0.4, 0.5) is 0 Å². The molecule has 0 aromatic rings. The van der Waals surface area contributed by atoms with Gasteiger partial charge in [-0.25, -0.2) is 0 Å². The first kappa shape index (κ1) is 14.9. The molecule has 3 rings (SSSR count). The largest absolute Gasteiger partial charge is 0.340 e. The van der Waals surface area contributed by atoms with E-state index in [0.29, 0.717) is 11.8 Å². The molecule has 1 heterocycles. The number of carbonyl (C=O) groups is 2. The molecule has 1 saturated heterocycles. The summed E-state index contributed by atoms with van der Waals surface area (Å²) in [6.45, 7) is 4.80. The highest BCUT2D eigenvalue weighted by molar-refractivity contribution is 5.98. The highest BCUT2D eigenvalue weighted by Gasteiger charge is 2.49. The van der Waals surface area contributed by atoms with E-state index >= 15 is 0 Å². The molecule has 1 spiro atoms. The van der Waals surface area contributed by atoms with E-state index in [9.17, 15) is 9.59 Å². The maximum absolute atomic E-state index is 13.1. The normalized spacial score (nSPS) is 36.7. The molecular formula is C17H28N2O2. The van der Waals surface area contributed by atoms with Crippen molar-refractivity contribution in [3.63, 3.8) is 0 Å². The molecule has 1 aliphatic heterocycles. The van der Waals surface area contributed by atoms with Crippen LogP contribution in [0.5, 0.6) is 0 Å². The first-order valence-corrected chi connectivity index (χ1v) is 8.65. The molecular weight excluding hydrogens is 264 g/mol. The van der Waals surface area contributed by atoms with Crippen molar-refractivity contribution in [2.45, 2.75) is 76.8 Å². The second-order valence-corrected chi connectivity index (χ2v) is 7.46. The van der Waals surface area contributed by atoms with E-state index in [2.05, 4.69) is 19.2 Å². The first-order valence-electron chi connectivity index (χ1n) is 8.65. The summed E-state index contributed by atoms with van der Waals surface area (Å²) < 4.78 is 0. The van der Waals surface area contributed by atoms with Crippen molar-refractivity contribution >= 4 is 11.8 Å². The Kier molecular flexibility index (Phi) is 3.98. The number of hydrogen-bond acceptors (Lipinski definition) is 2. The van der Waals surface area contributed by atoms with E-state index in [1.54, 1.807) is 0 Å². The topological polar surface area (TPSA) is 49.4 Å². The summed E-state index contributed by atoms with van der Waals surface area (Å²) in [6, 6.07) is 0.256. The fourth-order valence-corrected chi connectivity index (χ4v) is 4.62. The molecule has 21 heavy (non-hydrogen) atoms. The molecule has 118 valence electrons. The molecule has 1 N–H and O–H groups in total. The van der Waals surface area contributed by atoms with Gasteiger partial charge in [0.25, 0.3) is 0 Å². The van der Waals surface area contributed by atoms with E-state index in [1.807, 2.05) is 4.90 Å². The van der Waals surface area contributed by atoms with Gasteiger partial charge in [0.2, 0.25) is 11.8 Å². The van der Waals surface area contributed by atoms with Crippen molar-refractivity contribution in [3.05, 3.63) is 0 Å². The van der Waals surface area contributed by atoms with Crippen LogP contribution in [-0.4, -0.2) is 34.8 Å². The highest BCUT2D eigenvalue weighted by atomic mass is 16.2. The summed E-state index contributed by atoms with van der Waals surface area (Å²) in [7, 11) is 0. The van der Waals surface area contributed by atoms with Gasteiger partial charge in [-0.2, -0.15) is 0 Å². The van der Waals surface area contributed by atoms with Gasteiger partial charge in [-0.1, -0.05) is 46.0 Å². The molecule has 2 saturated carbocycles. The van der Waals surface area contributed by atoms with Crippen molar-refractivity contribution in [3.8, 4) is 0 Å². The Morgan fingerprint density at radius 1 is 1.05 bits per heavy atom. The number of nitrogens with one attached hydrogen (secondary N) is 1. The number of rotatable bonds is 1. The van der Waals surface area contributed by atoms with Gasteiger partial charge in [0.15, 0.2) is 0 Å². The van der Waals surface area contributed by atoms with Crippen molar-refractivity contribution < 1.29 is 9.59 Å². The molecule has 0 aromatic heterocycles. The number of nitrogens with zero attached hydrogens (tertiary/aromatic N) is 1. The van der Waals surface area contributed by atoms with Crippen LogP contribution in [-0.2, 0) is 9.59 Å². The maximum Gasteiger partial charge on any atom is 0.249 e. The average molecular weight is 292 g/mol. The number of hydrogen-bond donors (Lipinski definition) is 1. The third-order valence-electron chi connectivity index (χ3n) is 6.13. The van der Waals surface area contributed by atoms with Crippen LogP contribution in [0.1, 0.15) is 65.2 Å².